The van der Waals surface area contributed by atoms with Gasteiger partial charge in [0.1, 0.15) is 5.76 Å². The van der Waals surface area contributed by atoms with Crippen LogP contribution >= 0.6 is 0 Å². The van der Waals surface area contributed by atoms with Gasteiger partial charge in [0, 0.05) is 36.1 Å². The van der Waals surface area contributed by atoms with Crippen LogP contribution in [-0.4, -0.2) is 35.4 Å². The Bertz CT molecular complexity index is 846. The van der Waals surface area contributed by atoms with Crippen molar-refractivity contribution in [2.45, 2.75) is 6.04 Å². The Balaban J connectivity index is 1.90. The fourth-order valence-corrected chi connectivity index (χ4v) is 2.71. The van der Waals surface area contributed by atoms with Crippen LogP contribution in [0.15, 0.2) is 53.4 Å². The van der Waals surface area contributed by atoms with Crippen molar-refractivity contribution in [1.82, 2.24) is 9.88 Å². The third kappa shape index (κ3) is 3.07. The quantitative estimate of drug-likeness (QED) is 0.551. The van der Waals surface area contributed by atoms with Crippen molar-refractivity contribution in [2.24, 2.45) is 0 Å². The van der Waals surface area contributed by atoms with Gasteiger partial charge in [-0.1, -0.05) is 0 Å². The van der Waals surface area contributed by atoms with Crippen molar-refractivity contribution in [3.05, 3.63) is 64.9 Å². The lowest BCUT2D eigenvalue weighted by Crippen LogP contribution is -2.26. The molecule has 0 saturated heterocycles. The highest BCUT2D eigenvalue weighted by molar-refractivity contribution is 5.99. The van der Waals surface area contributed by atoms with E-state index in [0.717, 1.165) is 16.8 Å². The first-order valence-corrected chi connectivity index (χ1v) is 7.52. The molecule has 7 heteroatoms. The van der Waals surface area contributed by atoms with Crippen molar-refractivity contribution < 1.29 is 9.34 Å². The molecule has 0 fully saturated rings. The highest BCUT2D eigenvalue weighted by Gasteiger charge is 2.18. The Kier molecular flexibility index (Phi) is 4.43. The van der Waals surface area contributed by atoms with Gasteiger partial charge in [0.05, 0.1) is 22.6 Å². The van der Waals surface area contributed by atoms with Gasteiger partial charge in [-0.2, -0.15) is 0 Å². The molecule has 0 saturated carbocycles. The monoisotopic (exact) mass is 326 g/mol. The van der Waals surface area contributed by atoms with Crippen LogP contribution in [-0.2, 0) is 0 Å². The summed E-state index contributed by atoms with van der Waals surface area (Å²) in [4.78, 5) is 16.8. The molecule has 2 heterocycles. The predicted octanol–water partition coefficient (Wildman–Crippen LogP) is 3.45. The van der Waals surface area contributed by atoms with Crippen molar-refractivity contribution >= 4 is 22.1 Å². The van der Waals surface area contributed by atoms with Gasteiger partial charge in [-0.25, -0.2) is 0 Å². The largest absolute Gasteiger partial charge is 0.468 e. The van der Waals surface area contributed by atoms with Crippen LogP contribution in [0.2, 0.25) is 0 Å². The van der Waals surface area contributed by atoms with Crippen LogP contribution in [0.4, 0.5) is 11.4 Å². The van der Waals surface area contributed by atoms with Crippen LogP contribution in [0.1, 0.15) is 11.8 Å². The summed E-state index contributed by atoms with van der Waals surface area (Å²) in [6.07, 6.45) is 4.81. The van der Waals surface area contributed by atoms with Crippen LogP contribution in [0.3, 0.4) is 0 Å². The summed E-state index contributed by atoms with van der Waals surface area (Å²) in [5, 5.41) is 15.8. The second-order valence-electron chi connectivity index (χ2n) is 5.69. The van der Waals surface area contributed by atoms with E-state index >= 15 is 0 Å². The Morgan fingerprint density at radius 3 is 2.79 bits per heavy atom. The number of aromatic nitrogens is 1. The molecule has 1 N–H and O–H groups in total. The van der Waals surface area contributed by atoms with Gasteiger partial charge < -0.3 is 9.73 Å². The maximum Gasteiger partial charge on any atom is 0.278 e. The maximum atomic E-state index is 11.2. The van der Waals surface area contributed by atoms with E-state index in [2.05, 4.69) is 15.2 Å². The minimum absolute atomic E-state index is 0.0482. The molecule has 7 nitrogen and oxygen atoms in total. The molecule has 0 aliphatic heterocycles. The minimum atomic E-state index is -0.390. The average Bonchev–Trinajstić information content (AvgIpc) is 3.08. The van der Waals surface area contributed by atoms with Gasteiger partial charge >= 0.3 is 0 Å². The lowest BCUT2D eigenvalue weighted by Gasteiger charge is -2.23. The number of benzene rings is 1. The van der Waals surface area contributed by atoms with Gasteiger partial charge in [-0.05, 0) is 38.4 Å². The molecular weight excluding hydrogens is 308 g/mol. The summed E-state index contributed by atoms with van der Waals surface area (Å²) in [6, 6.07) is 8.86. The molecule has 0 amide bonds. The van der Waals surface area contributed by atoms with Crippen molar-refractivity contribution in [2.75, 3.05) is 26.0 Å². The third-order valence-electron chi connectivity index (χ3n) is 3.97. The first kappa shape index (κ1) is 15.9. The standard InChI is InChI=1S/C17H18N4O3/c1-20(2)16(17-4-3-9-24-17)11-19-14-5-6-15(21(22)23)13-10-18-8-7-12(13)14/h3-10,16,19H,11H2,1-2H3. The number of non-ortho nitro benzene ring substituents is 1. The molecular formula is C17H18N4O3. The normalized spacial score (nSPS) is 12.5. The highest BCUT2D eigenvalue weighted by atomic mass is 16.6. The minimum Gasteiger partial charge on any atom is -0.468 e. The molecule has 0 aliphatic rings. The summed E-state index contributed by atoms with van der Waals surface area (Å²) in [6.45, 7) is 0.607. The molecule has 1 aromatic carbocycles. The highest BCUT2D eigenvalue weighted by Crippen LogP contribution is 2.31. The number of likely N-dealkylation sites (N-methyl/N-ethyl adjacent to an activating group) is 1. The predicted molar refractivity (Wildman–Crippen MR) is 92.0 cm³/mol. The summed E-state index contributed by atoms with van der Waals surface area (Å²) in [5.74, 6) is 0.861. The van der Waals surface area contributed by atoms with E-state index < -0.39 is 0 Å². The fourth-order valence-electron chi connectivity index (χ4n) is 2.71. The zero-order chi connectivity index (χ0) is 17.1. The van der Waals surface area contributed by atoms with Gasteiger partial charge in [0.25, 0.3) is 5.69 Å². The maximum absolute atomic E-state index is 11.2. The molecule has 0 bridgehead atoms. The molecule has 0 radical (unpaired) electrons. The Hall–Kier alpha value is -2.93. The molecule has 24 heavy (non-hydrogen) atoms. The molecule has 1 unspecified atom stereocenters. The van der Waals surface area contributed by atoms with Crippen molar-refractivity contribution in [3.8, 4) is 0 Å². The Morgan fingerprint density at radius 2 is 2.12 bits per heavy atom. The van der Waals surface area contributed by atoms with E-state index in [0.29, 0.717) is 11.9 Å². The van der Waals surface area contributed by atoms with E-state index in [1.165, 1.54) is 12.3 Å². The summed E-state index contributed by atoms with van der Waals surface area (Å²) in [5.41, 5.74) is 0.884. The first-order chi connectivity index (χ1) is 11.6. The fraction of sp³-hybridized carbons (Fsp3) is 0.235. The number of nitro benzene ring substituents is 1. The van der Waals surface area contributed by atoms with E-state index in [1.54, 1.807) is 24.6 Å². The second kappa shape index (κ2) is 6.67. The first-order valence-electron chi connectivity index (χ1n) is 7.52. The number of nitrogens with one attached hydrogen (secondary N) is 1. The van der Waals surface area contributed by atoms with E-state index in [1.807, 2.05) is 26.2 Å². The number of hydrogen-bond acceptors (Lipinski definition) is 6. The van der Waals surface area contributed by atoms with Gasteiger partial charge in [0.15, 0.2) is 0 Å². The Morgan fingerprint density at radius 1 is 1.29 bits per heavy atom. The molecule has 3 rings (SSSR count). The zero-order valence-electron chi connectivity index (χ0n) is 13.5. The molecule has 0 aliphatic carbocycles. The van der Waals surface area contributed by atoms with Crippen molar-refractivity contribution in [3.63, 3.8) is 0 Å². The topological polar surface area (TPSA) is 84.4 Å². The zero-order valence-corrected chi connectivity index (χ0v) is 13.5. The summed E-state index contributed by atoms with van der Waals surface area (Å²) >= 11 is 0. The molecule has 2 aromatic heterocycles. The molecule has 124 valence electrons. The Labute approximate surface area is 139 Å². The molecule has 0 spiro atoms. The van der Waals surface area contributed by atoms with Crippen molar-refractivity contribution in [1.29, 1.82) is 0 Å². The van der Waals surface area contributed by atoms with Gasteiger partial charge in [-0.15, -0.1) is 0 Å². The number of nitro groups is 1. The lowest BCUT2D eigenvalue weighted by molar-refractivity contribution is -0.383. The number of hydrogen-bond donors (Lipinski definition) is 1. The SMILES string of the molecule is CN(C)C(CNc1ccc([N+](=O)[O-])c2cnccc12)c1ccco1. The average molecular weight is 326 g/mol. The van der Waals surface area contributed by atoms with Crippen LogP contribution in [0, 0.1) is 10.1 Å². The number of anilines is 1. The summed E-state index contributed by atoms with van der Waals surface area (Å²) < 4.78 is 5.50. The number of rotatable bonds is 6. The van der Waals surface area contributed by atoms with Gasteiger partial charge in [-0.3, -0.25) is 20.0 Å². The van der Waals surface area contributed by atoms with Crippen LogP contribution in [0.25, 0.3) is 10.8 Å². The van der Waals surface area contributed by atoms with E-state index in [4.69, 9.17) is 4.42 Å². The van der Waals surface area contributed by atoms with E-state index in [-0.39, 0.29) is 16.7 Å². The van der Waals surface area contributed by atoms with Crippen LogP contribution in [0.5, 0.6) is 0 Å². The molecule has 3 aromatic rings. The number of furan rings is 1. The molecule has 1 atom stereocenters. The third-order valence-corrected chi connectivity index (χ3v) is 3.97. The van der Waals surface area contributed by atoms with E-state index in [9.17, 15) is 10.1 Å². The smallest absolute Gasteiger partial charge is 0.278 e. The van der Waals surface area contributed by atoms with Crippen LogP contribution < -0.4 is 5.32 Å². The number of pyridine rings is 1. The lowest BCUT2D eigenvalue weighted by atomic mass is 10.1. The van der Waals surface area contributed by atoms with Gasteiger partial charge in [0.2, 0.25) is 0 Å². The number of fused-ring (bicyclic) bond motifs is 1. The summed E-state index contributed by atoms with van der Waals surface area (Å²) in [7, 11) is 3.96. The second-order valence-corrected chi connectivity index (χ2v) is 5.69. The number of nitrogens with zero attached hydrogens (tertiary/aromatic N) is 3.